The van der Waals surface area contributed by atoms with E-state index in [9.17, 15) is 5.11 Å². The highest BCUT2D eigenvalue weighted by atomic mass is 127. The van der Waals surface area contributed by atoms with Gasteiger partial charge < -0.3 is 25.2 Å². The van der Waals surface area contributed by atoms with Crippen LogP contribution in [0.25, 0.3) is 0 Å². The SMILES string of the molecule is CCNC(=NCc1ccccc1OCC)NCC1(CCO)CCOC1.I. The van der Waals surface area contributed by atoms with Crippen molar-refractivity contribution in [1.29, 1.82) is 0 Å². The largest absolute Gasteiger partial charge is 0.494 e. The fraction of sp³-hybridized carbons (Fsp3) is 0.632. The zero-order valence-electron chi connectivity index (χ0n) is 15.8. The highest BCUT2D eigenvalue weighted by Crippen LogP contribution is 2.31. The number of nitrogens with zero attached hydrogens (tertiary/aromatic N) is 1. The first-order chi connectivity index (χ1) is 12.2. The molecular weight excluding hydrogens is 445 g/mol. The van der Waals surface area contributed by atoms with Gasteiger partial charge in [-0.15, -0.1) is 24.0 Å². The number of hydrogen-bond acceptors (Lipinski definition) is 4. The molecule has 26 heavy (non-hydrogen) atoms. The highest BCUT2D eigenvalue weighted by Gasteiger charge is 2.34. The number of hydrogen-bond donors (Lipinski definition) is 3. The number of para-hydroxylation sites is 1. The van der Waals surface area contributed by atoms with Crippen LogP contribution in [0.2, 0.25) is 0 Å². The lowest BCUT2D eigenvalue weighted by atomic mass is 9.84. The third kappa shape index (κ3) is 6.92. The molecule has 1 aliphatic heterocycles. The molecule has 1 saturated heterocycles. The molecule has 2 rings (SSSR count). The quantitative estimate of drug-likeness (QED) is 0.290. The Morgan fingerprint density at radius 2 is 2.12 bits per heavy atom. The number of ether oxygens (including phenoxy) is 2. The van der Waals surface area contributed by atoms with Crippen LogP contribution in [0.4, 0.5) is 0 Å². The topological polar surface area (TPSA) is 75.1 Å². The first kappa shape index (κ1) is 23.0. The lowest BCUT2D eigenvalue weighted by molar-refractivity contribution is 0.127. The van der Waals surface area contributed by atoms with Crippen molar-refractivity contribution in [1.82, 2.24) is 10.6 Å². The van der Waals surface area contributed by atoms with Crippen molar-refractivity contribution in [2.45, 2.75) is 33.2 Å². The Balaban J connectivity index is 0.00000338. The van der Waals surface area contributed by atoms with Crippen molar-refractivity contribution in [2.24, 2.45) is 10.4 Å². The Labute approximate surface area is 173 Å². The van der Waals surface area contributed by atoms with Crippen LogP contribution in [0.1, 0.15) is 32.3 Å². The predicted octanol–water partition coefficient (Wildman–Crippen LogP) is 2.55. The van der Waals surface area contributed by atoms with E-state index < -0.39 is 0 Å². The Bertz CT molecular complexity index is 549. The molecule has 1 aromatic carbocycles. The Hall–Kier alpha value is -1.06. The minimum absolute atomic E-state index is 0. The second-order valence-corrected chi connectivity index (χ2v) is 6.37. The van der Waals surface area contributed by atoms with Gasteiger partial charge in [0.2, 0.25) is 0 Å². The van der Waals surface area contributed by atoms with E-state index in [1.165, 1.54) is 0 Å². The van der Waals surface area contributed by atoms with Crippen LogP contribution in [0.3, 0.4) is 0 Å². The van der Waals surface area contributed by atoms with Crippen LogP contribution >= 0.6 is 24.0 Å². The van der Waals surface area contributed by atoms with Gasteiger partial charge in [-0.25, -0.2) is 4.99 Å². The van der Waals surface area contributed by atoms with Crippen LogP contribution in [-0.4, -0.2) is 50.6 Å². The number of aliphatic hydroxyl groups is 1. The van der Waals surface area contributed by atoms with Gasteiger partial charge in [0.25, 0.3) is 0 Å². The summed E-state index contributed by atoms with van der Waals surface area (Å²) < 4.78 is 11.2. The highest BCUT2D eigenvalue weighted by molar-refractivity contribution is 14.0. The molecule has 0 aliphatic carbocycles. The maximum atomic E-state index is 9.35. The van der Waals surface area contributed by atoms with Gasteiger partial charge in [-0.1, -0.05) is 18.2 Å². The summed E-state index contributed by atoms with van der Waals surface area (Å²) in [5, 5.41) is 16.0. The molecule has 1 fully saturated rings. The van der Waals surface area contributed by atoms with Gasteiger partial charge in [0.05, 0.1) is 19.8 Å². The summed E-state index contributed by atoms with van der Waals surface area (Å²) in [5.74, 6) is 1.66. The van der Waals surface area contributed by atoms with E-state index in [2.05, 4.69) is 15.6 Å². The van der Waals surface area contributed by atoms with Gasteiger partial charge in [-0.3, -0.25) is 0 Å². The number of halogens is 1. The van der Waals surface area contributed by atoms with Gasteiger partial charge >= 0.3 is 0 Å². The van der Waals surface area contributed by atoms with Crippen LogP contribution in [0.15, 0.2) is 29.3 Å². The lowest BCUT2D eigenvalue weighted by Crippen LogP contribution is -2.44. The van der Waals surface area contributed by atoms with Gasteiger partial charge in [-0.05, 0) is 32.8 Å². The van der Waals surface area contributed by atoms with E-state index in [-0.39, 0.29) is 36.0 Å². The maximum absolute atomic E-state index is 9.35. The summed E-state index contributed by atoms with van der Waals surface area (Å²) in [6.45, 7) is 8.39. The molecule has 1 atom stereocenters. The molecule has 0 amide bonds. The van der Waals surface area contributed by atoms with E-state index in [1.54, 1.807) is 0 Å². The Morgan fingerprint density at radius 1 is 1.31 bits per heavy atom. The van der Waals surface area contributed by atoms with Crippen LogP contribution in [-0.2, 0) is 11.3 Å². The average Bonchev–Trinajstić information content (AvgIpc) is 3.08. The summed E-state index contributed by atoms with van der Waals surface area (Å²) >= 11 is 0. The molecule has 0 bridgehead atoms. The van der Waals surface area contributed by atoms with Crippen molar-refractivity contribution in [3.8, 4) is 5.75 Å². The van der Waals surface area contributed by atoms with Crippen LogP contribution < -0.4 is 15.4 Å². The number of guanidine groups is 1. The van der Waals surface area contributed by atoms with Gasteiger partial charge in [0, 0.05) is 37.3 Å². The molecule has 0 spiro atoms. The number of aliphatic hydroxyl groups excluding tert-OH is 1. The fourth-order valence-corrected chi connectivity index (χ4v) is 3.02. The van der Waals surface area contributed by atoms with Crippen LogP contribution in [0.5, 0.6) is 5.75 Å². The molecule has 148 valence electrons. The molecule has 1 unspecified atom stereocenters. The second kappa shape index (κ2) is 12.3. The molecule has 0 radical (unpaired) electrons. The molecular formula is C19H32IN3O3. The maximum Gasteiger partial charge on any atom is 0.191 e. The molecule has 6 nitrogen and oxygen atoms in total. The average molecular weight is 477 g/mol. The minimum atomic E-state index is -0.00578. The van der Waals surface area contributed by atoms with Gasteiger partial charge in [-0.2, -0.15) is 0 Å². The van der Waals surface area contributed by atoms with Crippen LogP contribution in [0, 0.1) is 5.41 Å². The van der Waals surface area contributed by atoms with E-state index in [4.69, 9.17) is 9.47 Å². The molecule has 1 aromatic rings. The van der Waals surface area contributed by atoms with Gasteiger partial charge in [0.1, 0.15) is 5.75 Å². The number of aliphatic imine (C=N–C) groups is 1. The first-order valence-corrected chi connectivity index (χ1v) is 9.14. The van der Waals surface area contributed by atoms with E-state index >= 15 is 0 Å². The number of rotatable bonds is 9. The van der Waals surface area contributed by atoms with E-state index in [1.807, 2.05) is 38.1 Å². The minimum Gasteiger partial charge on any atom is -0.494 e. The molecule has 0 aromatic heterocycles. The zero-order valence-corrected chi connectivity index (χ0v) is 18.1. The summed E-state index contributed by atoms with van der Waals surface area (Å²) in [6, 6.07) is 7.98. The summed E-state index contributed by atoms with van der Waals surface area (Å²) in [4.78, 5) is 4.69. The van der Waals surface area contributed by atoms with Crippen molar-refractivity contribution < 1.29 is 14.6 Å². The number of nitrogens with one attached hydrogen (secondary N) is 2. The fourth-order valence-electron chi connectivity index (χ4n) is 3.02. The third-order valence-corrected chi connectivity index (χ3v) is 4.48. The van der Waals surface area contributed by atoms with Crippen molar-refractivity contribution >= 4 is 29.9 Å². The summed E-state index contributed by atoms with van der Waals surface area (Å²) in [7, 11) is 0. The van der Waals surface area contributed by atoms with Crippen molar-refractivity contribution in [2.75, 3.05) is 39.5 Å². The molecule has 1 aliphatic rings. The monoisotopic (exact) mass is 477 g/mol. The van der Waals surface area contributed by atoms with E-state index in [0.29, 0.717) is 19.8 Å². The first-order valence-electron chi connectivity index (χ1n) is 9.14. The molecule has 0 saturated carbocycles. The molecule has 3 N–H and O–H groups in total. The predicted molar refractivity (Wildman–Crippen MR) is 115 cm³/mol. The molecule has 1 heterocycles. The zero-order chi connectivity index (χ0) is 18.0. The van der Waals surface area contributed by atoms with Gasteiger partial charge in [0.15, 0.2) is 5.96 Å². The summed E-state index contributed by atoms with van der Waals surface area (Å²) in [5.41, 5.74) is 1.06. The normalized spacial score (nSPS) is 19.7. The van der Waals surface area contributed by atoms with Crippen molar-refractivity contribution in [3.05, 3.63) is 29.8 Å². The Kier molecular flexibility index (Phi) is 10.9. The standard InChI is InChI=1S/C19H31N3O3.HI/c1-3-20-18(22-14-19(9-11-23)10-12-24-15-19)21-13-16-7-5-6-8-17(16)25-4-2;/h5-8,23H,3-4,9-15H2,1-2H3,(H2,20,21,22);1H. The number of benzene rings is 1. The second-order valence-electron chi connectivity index (χ2n) is 6.37. The van der Waals surface area contributed by atoms with E-state index in [0.717, 1.165) is 49.8 Å². The summed E-state index contributed by atoms with van der Waals surface area (Å²) in [6.07, 6.45) is 1.71. The smallest absolute Gasteiger partial charge is 0.191 e. The third-order valence-electron chi connectivity index (χ3n) is 4.48. The lowest BCUT2D eigenvalue weighted by Gasteiger charge is -2.27. The van der Waals surface area contributed by atoms with Crippen molar-refractivity contribution in [3.63, 3.8) is 0 Å². The molecule has 7 heteroatoms. The Morgan fingerprint density at radius 3 is 2.77 bits per heavy atom.